The summed E-state index contributed by atoms with van der Waals surface area (Å²) in [5, 5.41) is 16.4. The van der Waals surface area contributed by atoms with Gasteiger partial charge in [0, 0.05) is 31.9 Å². The molecule has 0 spiro atoms. The van der Waals surface area contributed by atoms with Crippen molar-refractivity contribution in [1.82, 2.24) is 15.6 Å². The van der Waals surface area contributed by atoms with Crippen LogP contribution in [0.2, 0.25) is 5.02 Å². The first-order chi connectivity index (χ1) is 15.1. The van der Waals surface area contributed by atoms with Gasteiger partial charge in [-0.3, -0.25) is 0 Å². The molecule has 1 atom stereocenters. The Kier molecular flexibility index (Phi) is 11.1. The highest BCUT2D eigenvalue weighted by Gasteiger charge is 2.25. The van der Waals surface area contributed by atoms with Gasteiger partial charge in [-0.25, -0.2) is 9.98 Å². The van der Waals surface area contributed by atoms with E-state index in [0.717, 1.165) is 43.4 Å². The fourth-order valence-electron chi connectivity index (χ4n) is 3.45. The maximum absolute atomic E-state index is 8.94. The molecule has 2 aromatic rings. The third-order valence-electron chi connectivity index (χ3n) is 4.91. The highest BCUT2D eigenvalue weighted by atomic mass is 127. The summed E-state index contributed by atoms with van der Waals surface area (Å²) in [5.74, 6) is 2.82. The van der Waals surface area contributed by atoms with Crippen LogP contribution in [0.25, 0.3) is 0 Å². The molecule has 10 heteroatoms. The molecule has 1 unspecified atom stereocenters. The van der Waals surface area contributed by atoms with E-state index in [4.69, 9.17) is 31.2 Å². The molecule has 1 aliphatic heterocycles. The number of aliphatic hydroxyl groups excluding tert-OH is 1. The van der Waals surface area contributed by atoms with Crippen molar-refractivity contribution in [2.45, 2.75) is 25.9 Å². The Hall–Kier alpha value is -1.98. The number of benzene rings is 1. The fourth-order valence-corrected chi connectivity index (χ4v) is 3.69. The number of aliphatic imine (C=N–C) groups is 1. The van der Waals surface area contributed by atoms with Gasteiger partial charge in [-0.05, 0) is 43.2 Å². The summed E-state index contributed by atoms with van der Waals surface area (Å²) in [5.41, 5.74) is 0.999. The molecule has 0 bridgehead atoms. The maximum atomic E-state index is 8.94. The summed E-state index contributed by atoms with van der Waals surface area (Å²) in [4.78, 5) is 11.3. The second-order valence-corrected chi connectivity index (χ2v) is 7.54. The Morgan fingerprint density at radius 1 is 1.34 bits per heavy atom. The molecule has 2 heterocycles. The number of methoxy groups -OCH3 is 1. The van der Waals surface area contributed by atoms with Gasteiger partial charge in [0.05, 0.1) is 25.3 Å². The first kappa shape index (κ1) is 26.3. The number of nitrogens with zero attached hydrogens (tertiary/aromatic N) is 3. The Balaban J connectivity index is 0.00000363. The molecule has 1 aromatic heterocycles. The highest BCUT2D eigenvalue weighted by molar-refractivity contribution is 14.0. The van der Waals surface area contributed by atoms with Crippen LogP contribution in [-0.4, -0.2) is 62.0 Å². The lowest BCUT2D eigenvalue weighted by atomic mass is 10.2. The number of anilines is 1. The minimum Gasteiger partial charge on any atom is -0.493 e. The topological polar surface area (TPSA) is 91.2 Å². The van der Waals surface area contributed by atoms with E-state index in [2.05, 4.69) is 20.5 Å². The van der Waals surface area contributed by atoms with Crippen LogP contribution in [0, 0.1) is 0 Å². The Morgan fingerprint density at radius 2 is 2.19 bits per heavy atom. The number of nitrogens with one attached hydrogen (secondary N) is 2. The standard InChI is InChI=1S/C22H30ClN5O3.HI/c1-3-24-22(26-14-16-6-7-19(31-12-11-29)20(13-16)30-2)27-17-8-10-28(15-17)21-18(23)5-4-9-25-21;/h4-7,9,13,17,29H,3,8,10-12,14-15H2,1-2H3,(H2,24,26,27);1H. The van der Waals surface area contributed by atoms with Crippen molar-refractivity contribution >= 4 is 47.4 Å². The van der Waals surface area contributed by atoms with Crippen molar-refractivity contribution in [3.8, 4) is 11.5 Å². The van der Waals surface area contributed by atoms with Crippen LogP contribution in [0.3, 0.4) is 0 Å². The molecule has 176 valence electrons. The van der Waals surface area contributed by atoms with Crippen molar-refractivity contribution in [2.75, 3.05) is 44.9 Å². The number of aliphatic hydroxyl groups is 1. The van der Waals surface area contributed by atoms with Crippen LogP contribution in [0.4, 0.5) is 5.82 Å². The second-order valence-electron chi connectivity index (χ2n) is 7.14. The number of hydrogen-bond donors (Lipinski definition) is 3. The molecule has 3 N–H and O–H groups in total. The molecule has 0 amide bonds. The summed E-state index contributed by atoms with van der Waals surface area (Å²) in [6.45, 7) is 5.19. The summed E-state index contributed by atoms with van der Waals surface area (Å²) >= 11 is 6.30. The summed E-state index contributed by atoms with van der Waals surface area (Å²) in [6, 6.07) is 9.64. The van der Waals surface area contributed by atoms with E-state index < -0.39 is 0 Å². The second kappa shape index (κ2) is 13.5. The molecule has 3 rings (SSSR count). The lowest BCUT2D eigenvalue weighted by Gasteiger charge is -2.20. The van der Waals surface area contributed by atoms with Crippen molar-refractivity contribution < 1.29 is 14.6 Å². The first-order valence-corrected chi connectivity index (χ1v) is 10.8. The quantitative estimate of drug-likeness (QED) is 0.241. The van der Waals surface area contributed by atoms with Gasteiger partial charge in [0.1, 0.15) is 12.4 Å². The van der Waals surface area contributed by atoms with E-state index in [1.54, 1.807) is 13.3 Å². The number of guanidine groups is 1. The lowest BCUT2D eigenvalue weighted by Crippen LogP contribution is -2.44. The van der Waals surface area contributed by atoms with Gasteiger partial charge in [0.25, 0.3) is 0 Å². The predicted molar refractivity (Wildman–Crippen MR) is 139 cm³/mol. The minimum absolute atomic E-state index is 0. The van der Waals surface area contributed by atoms with E-state index in [1.165, 1.54) is 0 Å². The number of pyridine rings is 1. The highest BCUT2D eigenvalue weighted by Crippen LogP contribution is 2.28. The van der Waals surface area contributed by atoms with Crippen molar-refractivity contribution in [3.05, 3.63) is 47.1 Å². The van der Waals surface area contributed by atoms with E-state index in [1.807, 2.05) is 37.3 Å². The number of ether oxygens (including phenoxy) is 2. The van der Waals surface area contributed by atoms with Crippen LogP contribution in [0.5, 0.6) is 11.5 Å². The molecule has 1 fully saturated rings. The summed E-state index contributed by atoms with van der Waals surface area (Å²) in [6.07, 6.45) is 2.74. The van der Waals surface area contributed by atoms with Crippen LogP contribution in [0.1, 0.15) is 18.9 Å². The van der Waals surface area contributed by atoms with Crippen molar-refractivity contribution in [2.24, 2.45) is 4.99 Å². The summed E-state index contributed by atoms with van der Waals surface area (Å²) in [7, 11) is 1.60. The zero-order chi connectivity index (χ0) is 22.1. The Labute approximate surface area is 211 Å². The number of aromatic nitrogens is 1. The third-order valence-corrected chi connectivity index (χ3v) is 5.20. The van der Waals surface area contributed by atoms with Gasteiger partial charge in [0.2, 0.25) is 0 Å². The van der Waals surface area contributed by atoms with E-state index in [0.29, 0.717) is 23.1 Å². The van der Waals surface area contributed by atoms with Crippen molar-refractivity contribution in [3.63, 3.8) is 0 Å². The van der Waals surface area contributed by atoms with E-state index in [-0.39, 0.29) is 43.2 Å². The molecule has 1 saturated heterocycles. The van der Waals surface area contributed by atoms with Gasteiger partial charge in [-0.1, -0.05) is 17.7 Å². The molecule has 0 radical (unpaired) electrons. The number of hydrogen-bond acceptors (Lipinski definition) is 6. The SMILES string of the molecule is CCNC(=NCc1ccc(OCCO)c(OC)c1)NC1CCN(c2ncccc2Cl)C1.I. The molecule has 0 saturated carbocycles. The maximum Gasteiger partial charge on any atom is 0.191 e. The Bertz CT molecular complexity index is 886. The largest absolute Gasteiger partial charge is 0.493 e. The zero-order valence-corrected chi connectivity index (χ0v) is 21.5. The van der Waals surface area contributed by atoms with Gasteiger partial charge in [0.15, 0.2) is 17.5 Å². The number of rotatable bonds is 9. The monoisotopic (exact) mass is 575 g/mol. The fraction of sp³-hybridized carbons (Fsp3) is 0.455. The van der Waals surface area contributed by atoms with Crippen LogP contribution < -0.4 is 25.0 Å². The lowest BCUT2D eigenvalue weighted by molar-refractivity contribution is 0.196. The summed E-state index contributed by atoms with van der Waals surface area (Å²) < 4.78 is 10.9. The normalized spacial score (nSPS) is 15.8. The first-order valence-electron chi connectivity index (χ1n) is 10.5. The van der Waals surface area contributed by atoms with E-state index >= 15 is 0 Å². The van der Waals surface area contributed by atoms with Crippen LogP contribution >= 0.6 is 35.6 Å². The average Bonchev–Trinajstić information content (AvgIpc) is 3.25. The molecular formula is C22H31ClIN5O3. The van der Waals surface area contributed by atoms with Crippen LogP contribution in [-0.2, 0) is 6.54 Å². The average molecular weight is 576 g/mol. The number of halogens is 2. The minimum atomic E-state index is -0.0436. The van der Waals surface area contributed by atoms with Gasteiger partial charge < -0.3 is 30.1 Å². The third kappa shape index (κ3) is 7.28. The van der Waals surface area contributed by atoms with Gasteiger partial charge in [-0.2, -0.15) is 0 Å². The van der Waals surface area contributed by atoms with Crippen molar-refractivity contribution in [1.29, 1.82) is 0 Å². The zero-order valence-electron chi connectivity index (χ0n) is 18.4. The molecule has 1 aromatic carbocycles. The van der Waals surface area contributed by atoms with Gasteiger partial charge in [-0.15, -0.1) is 24.0 Å². The molecule has 32 heavy (non-hydrogen) atoms. The van der Waals surface area contributed by atoms with Crippen LogP contribution in [0.15, 0.2) is 41.5 Å². The molecular weight excluding hydrogens is 545 g/mol. The smallest absolute Gasteiger partial charge is 0.191 e. The molecule has 1 aliphatic rings. The Morgan fingerprint density at radius 3 is 2.91 bits per heavy atom. The van der Waals surface area contributed by atoms with E-state index in [9.17, 15) is 0 Å². The molecule has 0 aliphatic carbocycles. The molecule has 8 nitrogen and oxygen atoms in total. The predicted octanol–water partition coefficient (Wildman–Crippen LogP) is 3.07. The van der Waals surface area contributed by atoms with Gasteiger partial charge >= 0.3 is 0 Å².